The highest BCUT2D eigenvalue weighted by Crippen LogP contribution is 2.27. The number of carbonyl (C=O) groups excluding carboxylic acids is 1. The van der Waals surface area contributed by atoms with E-state index in [9.17, 15) is 4.79 Å². The van der Waals surface area contributed by atoms with Crippen molar-refractivity contribution in [2.24, 2.45) is 0 Å². The molecule has 25 heavy (non-hydrogen) atoms. The Labute approximate surface area is 153 Å². The van der Waals surface area contributed by atoms with E-state index in [-0.39, 0.29) is 5.91 Å². The van der Waals surface area contributed by atoms with Crippen molar-refractivity contribution in [3.63, 3.8) is 0 Å². The van der Waals surface area contributed by atoms with E-state index in [2.05, 4.69) is 53.4 Å². The summed E-state index contributed by atoms with van der Waals surface area (Å²) in [5.74, 6) is 0.324. The molecular weight excluding hydrogens is 352 g/mol. The number of rotatable bonds is 4. The van der Waals surface area contributed by atoms with Gasteiger partial charge in [-0.05, 0) is 11.5 Å². The lowest BCUT2D eigenvalue weighted by Crippen LogP contribution is -2.13. The average molecular weight is 368 g/mol. The molecule has 1 aromatic carbocycles. The summed E-state index contributed by atoms with van der Waals surface area (Å²) in [4.78, 5) is 22.0. The minimum atomic E-state index is -0.180. The molecule has 5 nitrogen and oxygen atoms in total. The average Bonchev–Trinajstić information content (AvgIpc) is 3.31. The van der Waals surface area contributed by atoms with E-state index in [0.717, 1.165) is 16.1 Å². The summed E-state index contributed by atoms with van der Waals surface area (Å²) in [6.45, 7) is 4.35. The third-order valence-corrected chi connectivity index (χ3v) is 5.63. The van der Waals surface area contributed by atoms with E-state index >= 15 is 0 Å². The van der Waals surface area contributed by atoms with Crippen LogP contribution in [0.3, 0.4) is 0 Å². The van der Waals surface area contributed by atoms with Crippen molar-refractivity contribution in [3.05, 3.63) is 58.8 Å². The predicted molar refractivity (Wildman–Crippen MR) is 103 cm³/mol. The Morgan fingerprint density at radius 2 is 1.96 bits per heavy atom. The van der Waals surface area contributed by atoms with Gasteiger partial charge in [0, 0.05) is 16.3 Å². The second kappa shape index (κ2) is 6.42. The molecule has 0 spiro atoms. The van der Waals surface area contributed by atoms with Crippen LogP contribution in [0.2, 0.25) is 0 Å². The third kappa shape index (κ3) is 3.08. The number of carbonyl (C=O) groups is 1. The van der Waals surface area contributed by atoms with Crippen molar-refractivity contribution in [1.82, 2.24) is 14.4 Å². The summed E-state index contributed by atoms with van der Waals surface area (Å²) in [5.41, 5.74) is 3.78. The number of hydrogen-bond donors (Lipinski definition) is 1. The van der Waals surface area contributed by atoms with Crippen LogP contribution in [-0.4, -0.2) is 20.3 Å². The van der Waals surface area contributed by atoms with E-state index in [1.807, 2.05) is 10.8 Å². The molecule has 0 aliphatic heterocycles. The van der Waals surface area contributed by atoms with Gasteiger partial charge in [0.1, 0.15) is 16.9 Å². The monoisotopic (exact) mass is 368 g/mol. The van der Waals surface area contributed by atoms with Gasteiger partial charge in [0.15, 0.2) is 5.13 Å². The van der Waals surface area contributed by atoms with Gasteiger partial charge in [-0.25, -0.2) is 9.97 Å². The van der Waals surface area contributed by atoms with Crippen molar-refractivity contribution in [2.45, 2.75) is 19.8 Å². The quantitative estimate of drug-likeness (QED) is 0.558. The highest BCUT2D eigenvalue weighted by molar-refractivity contribution is 7.16. The Morgan fingerprint density at radius 1 is 1.16 bits per heavy atom. The van der Waals surface area contributed by atoms with Crippen molar-refractivity contribution >= 4 is 38.5 Å². The van der Waals surface area contributed by atoms with E-state index < -0.39 is 0 Å². The molecule has 4 rings (SSSR count). The number of aromatic nitrogens is 3. The summed E-state index contributed by atoms with van der Waals surface area (Å²) >= 11 is 2.91. The zero-order chi connectivity index (χ0) is 17.4. The van der Waals surface area contributed by atoms with Crippen LogP contribution in [-0.2, 0) is 0 Å². The van der Waals surface area contributed by atoms with Gasteiger partial charge in [-0.3, -0.25) is 14.5 Å². The van der Waals surface area contributed by atoms with Crippen LogP contribution >= 0.6 is 22.7 Å². The molecule has 0 saturated carbocycles. The van der Waals surface area contributed by atoms with Crippen molar-refractivity contribution in [1.29, 1.82) is 0 Å². The summed E-state index contributed by atoms with van der Waals surface area (Å²) in [6.07, 6.45) is 3.38. The van der Waals surface area contributed by atoms with Gasteiger partial charge in [0.25, 0.3) is 5.91 Å². The maximum absolute atomic E-state index is 12.5. The van der Waals surface area contributed by atoms with Crippen LogP contribution in [0.4, 0.5) is 5.13 Å². The summed E-state index contributed by atoms with van der Waals surface area (Å²) in [5, 5.41) is 7.25. The molecule has 3 heterocycles. The molecule has 0 aliphatic rings. The number of benzene rings is 1. The fraction of sp³-hybridized carbons (Fsp3) is 0.167. The van der Waals surface area contributed by atoms with Gasteiger partial charge in [0.05, 0.1) is 11.9 Å². The normalized spacial score (nSPS) is 11.3. The van der Waals surface area contributed by atoms with E-state index in [1.165, 1.54) is 28.2 Å². The van der Waals surface area contributed by atoms with Gasteiger partial charge >= 0.3 is 0 Å². The Hall–Kier alpha value is -2.51. The molecule has 4 aromatic rings. The second-order valence-corrected chi connectivity index (χ2v) is 7.74. The minimum absolute atomic E-state index is 0.180. The highest BCUT2D eigenvalue weighted by atomic mass is 32.1. The Balaban J connectivity index is 1.53. The van der Waals surface area contributed by atoms with E-state index in [4.69, 9.17) is 0 Å². The number of amides is 1. The Kier molecular flexibility index (Phi) is 4.10. The third-order valence-electron chi connectivity index (χ3n) is 3.99. The predicted octanol–water partition coefficient (Wildman–Crippen LogP) is 4.90. The molecule has 0 fully saturated rings. The number of fused-ring (bicyclic) bond motifs is 1. The van der Waals surface area contributed by atoms with Crippen LogP contribution < -0.4 is 5.32 Å². The Morgan fingerprint density at radius 3 is 2.72 bits per heavy atom. The lowest BCUT2D eigenvalue weighted by atomic mass is 10.0. The molecule has 7 heteroatoms. The second-order valence-electron chi connectivity index (χ2n) is 5.99. The largest absolute Gasteiger partial charge is 0.296 e. The fourth-order valence-corrected chi connectivity index (χ4v) is 4.10. The molecule has 1 N–H and O–H groups in total. The number of imidazole rings is 1. The molecule has 0 atom stereocenters. The summed E-state index contributed by atoms with van der Waals surface area (Å²) < 4.78 is 1.78. The molecule has 0 bridgehead atoms. The lowest BCUT2D eigenvalue weighted by molar-refractivity contribution is 0.102. The van der Waals surface area contributed by atoms with Crippen LogP contribution in [0.1, 0.15) is 35.8 Å². The molecule has 0 unspecified atom stereocenters. The van der Waals surface area contributed by atoms with Gasteiger partial charge in [-0.1, -0.05) is 38.1 Å². The highest BCUT2D eigenvalue weighted by Gasteiger charge is 2.14. The summed E-state index contributed by atoms with van der Waals surface area (Å²) in [7, 11) is 0. The SMILES string of the molecule is CC(C)c1ccc(-c2csc(NC(=O)c3csc4cncn34)n2)cc1. The fourth-order valence-electron chi connectivity index (χ4n) is 2.55. The lowest BCUT2D eigenvalue weighted by Gasteiger charge is -2.05. The first-order valence-electron chi connectivity index (χ1n) is 7.88. The number of nitrogens with one attached hydrogen (secondary N) is 1. The van der Waals surface area contributed by atoms with Gasteiger partial charge in [-0.2, -0.15) is 0 Å². The number of hydrogen-bond acceptors (Lipinski definition) is 5. The van der Waals surface area contributed by atoms with Crippen molar-refractivity contribution < 1.29 is 4.79 Å². The van der Waals surface area contributed by atoms with Gasteiger partial charge in [-0.15, -0.1) is 22.7 Å². The first-order chi connectivity index (χ1) is 12.1. The molecule has 3 aromatic heterocycles. The number of thiazole rings is 2. The van der Waals surface area contributed by atoms with Crippen LogP contribution in [0.25, 0.3) is 16.1 Å². The molecule has 0 aliphatic carbocycles. The summed E-state index contributed by atoms with van der Waals surface area (Å²) in [6, 6.07) is 8.39. The number of anilines is 1. The van der Waals surface area contributed by atoms with Crippen molar-refractivity contribution in [2.75, 3.05) is 5.32 Å². The zero-order valence-electron chi connectivity index (χ0n) is 13.8. The van der Waals surface area contributed by atoms with Crippen LogP contribution in [0.15, 0.2) is 47.5 Å². The molecule has 0 radical (unpaired) electrons. The maximum atomic E-state index is 12.5. The molecular formula is C18H16N4OS2. The Bertz CT molecular complexity index is 1030. The van der Waals surface area contributed by atoms with Gasteiger partial charge < -0.3 is 0 Å². The minimum Gasteiger partial charge on any atom is -0.296 e. The zero-order valence-corrected chi connectivity index (χ0v) is 15.4. The molecule has 0 saturated heterocycles. The first kappa shape index (κ1) is 16.0. The first-order valence-corrected chi connectivity index (χ1v) is 9.64. The van der Waals surface area contributed by atoms with Crippen LogP contribution in [0, 0.1) is 0 Å². The standard InChI is InChI=1S/C18H16N4OS2/c1-11(2)12-3-5-13(6-4-12)14-8-25-18(20-14)21-17(23)15-9-24-16-7-19-10-22(15)16/h3-11H,1-2H3,(H,20,21,23). The van der Waals surface area contributed by atoms with Crippen molar-refractivity contribution in [3.8, 4) is 11.3 Å². The smallest absolute Gasteiger partial charge is 0.275 e. The number of nitrogens with zero attached hydrogens (tertiary/aromatic N) is 3. The van der Waals surface area contributed by atoms with Crippen LogP contribution in [0.5, 0.6) is 0 Å². The topological polar surface area (TPSA) is 59.3 Å². The van der Waals surface area contributed by atoms with Gasteiger partial charge in [0.2, 0.25) is 0 Å². The maximum Gasteiger partial charge on any atom is 0.275 e. The van der Waals surface area contributed by atoms with E-state index in [0.29, 0.717) is 16.7 Å². The molecule has 126 valence electrons. The molecule has 1 amide bonds. The van der Waals surface area contributed by atoms with E-state index in [1.54, 1.807) is 16.9 Å².